The Labute approximate surface area is 59.3 Å². The van der Waals surface area contributed by atoms with Crippen molar-refractivity contribution in [1.29, 1.82) is 0 Å². The quantitative estimate of drug-likeness (QED) is 0.326. The normalized spacial score (nSPS) is 7.71. The molecule has 0 rings (SSSR count). The van der Waals surface area contributed by atoms with Crippen LogP contribution in [0, 0.1) is 0 Å². The van der Waals surface area contributed by atoms with Gasteiger partial charge in [-0.3, -0.25) is 0 Å². The fourth-order valence-corrected chi connectivity index (χ4v) is 0.394. The van der Waals surface area contributed by atoms with Gasteiger partial charge in [0, 0.05) is 0 Å². The molecule has 0 bridgehead atoms. The summed E-state index contributed by atoms with van der Waals surface area (Å²) < 4.78 is 0. The molecule has 0 aromatic rings. The predicted octanol–water partition coefficient (Wildman–Crippen LogP) is -1.75. The number of hydrogen-bond donors (Lipinski definition) is 1. The van der Waals surface area contributed by atoms with E-state index < -0.39 is 0 Å². The largest absolute Gasteiger partial charge is 1.00 e. The van der Waals surface area contributed by atoms with Gasteiger partial charge in [0.05, 0.1) is 0 Å². The maximum atomic E-state index is 5.21. The molecule has 0 saturated carbocycles. The van der Waals surface area contributed by atoms with E-state index in [1.165, 1.54) is 19.3 Å². The van der Waals surface area contributed by atoms with Crippen LogP contribution in [0.3, 0.4) is 0 Å². The van der Waals surface area contributed by atoms with Crippen molar-refractivity contribution in [2.24, 2.45) is 5.73 Å². The molecule has 2 heteroatoms. The Morgan fingerprint density at radius 1 is 1.43 bits per heavy atom. The van der Waals surface area contributed by atoms with E-state index in [0.29, 0.717) is 0 Å². The average molecular weight is 95.1 g/mol. The van der Waals surface area contributed by atoms with Gasteiger partial charge in [-0.2, -0.15) is 0 Å². The molecular formula is C5H14LiN. The molecule has 1 nitrogen and oxygen atoms in total. The molecular weight excluding hydrogens is 81.0 g/mol. The van der Waals surface area contributed by atoms with Gasteiger partial charge < -0.3 is 7.16 Å². The van der Waals surface area contributed by atoms with E-state index in [4.69, 9.17) is 5.73 Å². The topological polar surface area (TPSA) is 26.0 Å². The van der Waals surface area contributed by atoms with Crippen molar-refractivity contribution in [2.45, 2.75) is 26.2 Å². The Balaban J connectivity index is -0.000000125. The summed E-state index contributed by atoms with van der Waals surface area (Å²) >= 11 is 0. The minimum atomic E-state index is 0. The van der Waals surface area contributed by atoms with Crippen LogP contribution in [0.25, 0.3) is 0 Å². The Morgan fingerprint density at radius 2 is 2.00 bits per heavy atom. The van der Waals surface area contributed by atoms with Gasteiger partial charge in [-0.15, -0.1) is 0 Å². The van der Waals surface area contributed by atoms with E-state index in [1.807, 2.05) is 0 Å². The van der Waals surface area contributed by atoms with Crippen LogP contribution in [-0.4, -0.2) is 6.54 Å². The number of unbranched alkanes of at least 4 members (excludes halogenated alkanes) is 2. The van der Waals surface area contributed by atoms with Gasteiger partial charge in [-0.1, -0.05) is 19.8 Å². The molecule has 0 spiro atoms. The zero-order valence-corrected chi connectivity index (χ0v) is 5.41. The second-order valence-electron chi connectivity index (χ2n) is 1.50. The fraction of sp³-hybridized carbons (Fsp3) is 1.00. The van der Waals surface area contributed by atoms with Crippen molar-refractivity contribution < 1.29 is 20.3 Å². The number of hydrogen-bond acceptors (Lipinski definition) is 1. The monoisotopic (exact) mass is 95.1 g/mol. The van der Waals surface area contributed by atoms with E-state index in [1.54, 1.807) is 0 Å². The van der Waals surface area contributed by atoms with Gasteiger partial charge in [-0.25, -0.2) is 0 Å². The van der Waals surface area contributed by atoms with Gasteiger partial charge in [0.1, 0.15) is 0 Å². The molecule has 0 fully saturated rings. The maximum Gasteiger partial charge on any atom is 1.00 e. The van der Waals surface area contributed by atoms with Gasteiger partial charge >= 0.3 is 18.9 Å². The van der Waals surface area contributed by atoms with Crippen molar-refractivity contribution in [3.63, 3.8) is 0 Å². The molecule has 0 aliphatic rings. The molecule has 0 aromatic heterocycles. The second kappa shape index (κ2) is 9.75. The zero-order valence-electron chi connectivity index (χ0n) is 6.41. The molecule has 40 valence electrons. The minimum absolute atomic E-state index is 0. The van der Waals surface area contributed by atoms with Crippen molar-refractivity contribution in [3.05, 3.63) is 0 Å². The maximum absolute atomic E-state index is 5.21. The molecule has 0 aliphatic carbocycles. The van der Waals surface area contributed by atoms with Gasteiger partial charge in [0.2, 0.25) is 0 Å². The third kappa shape index (κ3) is 10.8. The van der Waals surface area contributed by atoms with Crippen LogP contribution in [0.5, 0.6) is 0 Å². The van der Waals surface area contributed by atoms with Gasteiger partial charge in [0.15, 0.2) is 0 Å². The van der Waals surface area contributed by atoms with Crippen molar-refractivity contribution in [1.82, 2.24) is 0 Å². The average Bonchev–Trinajstić information content (AvgIpc) is 1.61. The van der Waals surface area contributed by atoms with Crippen LogP contribution in [0.4, 0.5) is 0 Å². The van der Waals surface area contributed by atoms with E-state index in [9.17, 15) is 0 Å². The molecule has 7 heavy (non-hydrogen) atoms. The first-order valence-corrected chi connectivity index (χ1v) is 2.62. The number of nitrogens with two attached hydrogens (primary N) is 1. The Bertz CT molecular complexity index is 24.4. The summed E-state index contributed by atoms with van der Waals surface area (Å²) in [7, 11) is 0. The van der Waals surface area contributed by atoms with E-state index >= 15 is 0 Å². The SMILES string of the molecule is CCCCCN.[H-].[Li+]. The Kier molecular flexibility index (Phi) is 14.7. The van der Waals surface area contributed by atoms with Crippen molar-refractivity contribution in [2.75, 3.05) is 6.54 Å². The smallest absolute Gasteiger partial charge is 1.00 e. The molecule has 0 heterocycles. The molecule has 0 unspecified atom stereocenters. The summed E-state index contributed by atoms with van der Waals surface area (Å²) in [6.45, 7) is 3.03. The van der Waals surface area contributed by atoms with E-state index in [2.05, 4.69) is 6.92 Å². The predicted molar refractivity (Wildman–Crippen MR) is 29.7 cm³/mol. The zero-order chi connectivity index (χ0) is 4.83. The second-order valence-corrected chi connectivity index (χ2v) is 1.50. The van der Waals surface area contributed by atoms with Crippen molar-refractivity contribution >= 4 is 0 Å². The standard InChI is InChI=1S/C5H13N.Li.H/c1-2-3-4-5-6;;/h2-6H2,1H3;;/q;+1;-1. The molecule has 0 amide bonds. The van der Waals surface area contributed by atoms with E-state index in [0.717, 1.165) is 6.54 Å². The minimum Gasteiger partial charge on any atom is -1.00 e. The first kappa shape index (κ1) is 10.5. The molecule has 0 atom stereocenters. The first-order chi connectivity index (χ1) is 2.91. The number of rotatable bonds is 3. The molecule has 2 N–H and O–H groups in total. The summed E-state index contributed by atoms with van der Waals surface area (Å²) in [6, 6.07) is 0. The third-order valence-electron chi connectivity index (χ3n) is 0.808. The van der Waals surface area contributed by atoms with Crippen LogP contribution in [0.15, 0.2) is 0 Å². The summed E-state index contributed by atoms with van der Waals surface area (Å²) in [6.07, 6.45) is 3.75. The van der Waals surface area contributed by atoms with Gasteiger partial charge in [-0.05, 0) is 13.0 Å². The summed E-state index contributed by atoms with van der Waals surface area (Å²) in [5, 5.41) is 0. The molecule has 0 aliphatic heterocycles. The van der Waals surface area contributed by atoms with Crippen molar-refractivity contribution in [3.8, 4) is 0 Å². The van der Waals surface area contributed by atoms with Crippen LogP contribution < -0.4 is 24.6 Å². The molecule has 0 saturated heterocycles. The van der Waals surface area contributed by atoms with Crippen LogP contribution in [0.2, 0.25) is 0 Å². The van der Waals surface area contributed by atoms with E-state index in [-0.39, 0.29) is 20.3 Å². The Hall–Kier alpha value is 0.557. The summed E-state index contributed by atoms with van der Waals surface area (Å²) in [5.41, 5.74) is 5.21. The summed E-state index contributed by atoms with van der Waals surface area (Å²) in [5.74, 6) is 0. The third-order valence-corrected chi connectivity index (χ3v) is 0.808. The van der Waals surface area contributed by atoms with Crippen LogP contribution in [0.1, 0.15) is 27.6 Å². The fourth-order valence-electron chi connectivity index (χ4n) is 0.394. The van der Waals surface area contributed by atoms with Crippen LogP contribution in [-0.2, 0) is 0 Å². The Morgan fingerprint density at radius 3 is 2.14 bits per heavy atom. The molecule has 0 radical (unpaired) electrons. The first-order valence-electron chi connectivity index (χ1n) is 2.62. The summed E-state index contributed by atoms with van der Waals surface area (Å²) in [4.78, 5) is 0. The molecule has 0 aromatic carbocycles. The van der Waals surface area contributed by atoms with Crippen LogP contribution >= 0.6 is 0 Å². The van der Waals surface area contributed by atoms with Gasteiger partial charge in [0.25, 0.3) is 0 Å².